The van der Waals surface area contributed by atoms with E-state index in [9.17, 15) is 0 Å². The fraction of sp³-hybridized carbons (Fsp3) is 0.160. The van der Waals surface area contributed by atoms with Crippen molar-refractivity contribution in [3.8, 4) is 22.3 Å². The summed E-state index contributed by atoms with van der Waals surface area (Å²) in [6.45, 7) is 14.1. The Morgan fingerprint density at radius 1 is 0.352 bits per heavy atom. The quantitative estimate of drug-likeness (QED) is 0.167. The highest BCUT2D eigenvalue weighted by Crippen LogP contribution is 2.45. The molecule has 0 atom stereocenters. The second kappa shape index (κ2) is 10.9. The van der Waals surface area contributed by atoms with Crippen LogP contribution in [0.4, 0.5) is 34.1 Å². The summed E-state index contributed by atoms with van der Waals surface area (Å²) in [4.78, 5) is 5.11. The highest BCUT2D eigenvalue weighted by Gasteiger charge is 2.47. The largest absolute Gasteiger partial charge is 0.312 e. The molecule has 4 heterocycles. The van der Waals surface area contributed by atoms with Gasteiger partial charge in [-0.2, -0.15) is 0 Å². The molecule has 0 aliphatic carbocycles. The van der Waals surface area contributed by atoms with E-state index in [1.807, 2.05) is 0 Å². The van der Waals surface area contributed by atoms with Gasteiger partial charge in [0.1, 0.15) is 0 Å². The summed E-state index contributed by atoms with van der Waals surface area (Å²) in [6, 6.07) is 55.8. The molecule has 4 aliphatic heterocycles. The van der Waals surface area contributed by atoms with E-state index in [0.717, 1.165) is 0 Å². The van der Waals surface area contributed by atoms with Gasteiger partial charge in [0.2, 0.25) is 13.4 Å². The van der Waals surface area contributed by atoms with E-state index in [1.54, 1.807) is 0 Å². The molecule has 7 aromatic carbocycles. The van der Waals surface area contributed by atoms with Crippen LogP contribution in [0.15, 0.2) is 146 Å². The molecule has 0 spiro atoms. The van der Waals surface area contributed by atoms with Crippen molar-refractivity contribution in [1.82, 2.24) is 0 Å². The molecule has 0 saturated heterocycles. The van der Waals surface area contributed by atoms with Gasteiger partial charge in [-0.3, -0.25) is 0 Å². The summed E-state index contributed by atoms with van der Waals surface area (Å²) in [5.74, 6) is 0. The van der Waals surface area contributed by atoms with E-state index in [-0.39, 0.29) is 24.3 Å². The predicted molar refractivity (Wildman–Crippen MR) is 233 cm³/mol. The molecule has 0 aromatic heterocycles. The Hall–Kier alpha value is -5.73. The first-order valence-corrected chi connectivity index (χ1v) is 19.5. The summed E-state index contributed by atoms with van der Waals surface area (Å²) in [5, 5.41) is 0. The first-order valence-electron chi connectivity index (χ1n) is 19.5. The minimum Gasteiger partial charge on any atom is -0.312 e. The third-order valence-corrected chi connectivity index (χ3v) is 12.6. The van der Waals surface area contributed by atoms with E-state index in [2.05, 4.69) is 197 Å². The number of hydrogen-bond acceptors (Lipinski definition) is 2. The maximum Gasteiger partial charge on any atom is 0.248 e. The molecule has 0 unspecified atom stereocenters. The van der Waals surface area contributed by atoms with E-state index < -0.39 is 0 Å². The predicted octanol–water partition coefficient (Wildman–Crippen LogP) is 8.84. The van der Waals surface area contributed by atoms with Gasteiger partial charge in [-0.1, -0.05) is 150 Å². The fourth-order valence-corrected chi connectivity index (χ4v) is 9.99. The molecule has 4 heteroatoms. The summed E-state index contributed by atoms with van der Waals surface area (Å²) >= 11 is 0. The Labute approximate surface area is 320 Å². The Kier molecular flexibility index (Phi) is 6.42. The SMILES string of the molecule is CC(C)(C)c1ccc(N2c3cc4c(cc3B3c5ccccc5-c5cccc2c53)N(c2ccccc2)c2cccc3c2B4c2ccc(C(C)(C)C)cc2-3)cc1. The molecule has 54 heavy (non-hydrogen) atoms. The zero-order valence-corrected chi connectivity index (χ0v) is 31.9. The average molecular weight is 693 g/mol. The van der Waals surface area contributed by atoms with Crippen LogP contribution < -0.4 is 42.6 Å². The van der Waals surface area contributed by atoms with Crippen LogP contribution in [0.25, 0.3) is 22.3 Å². The molecular weight excluding hydrogens is 650 g/mol. The smallest absolute Gasteiger partial charge is 0.248 e. The van der Waals surface area contributed by atoms with Crippen LogP contribution in [-0.2, 0) is 10.8 Å². The third kappa shape index (κ3) is 4.31. The van der Waals surface area contributed by atoms with Crippen LogP contribution in [0.2, 0.25) is 0 Å². The Balaban J connectivity index is 1.23. The van der Waals surface area contributed by atoms with Crippen molar-refractivity contribution in [3.05, 3.63) is 157 Å². The van der Waals surface area contributed by atoms with E-state index in [0.29, 0.717) is 0 Å². The molecule has 4 aliphatic rings. The van der Waals surface area contributed by atoms with Crippen molar-refractivity contribution in [2.75, 3.05) is 9.80 Å². The van der Waals surface area contributed by atoms with Crippen LogP contribution in [0.3, 0.4) is 0 Å². The molecule has 0 amide bonds. The Morgan fingerprint density at radius 2 is 0.833 bits per heavy atom. The molecule has 0 bridgehead atoms. The first kappa shape index (κ1) is 31.8. The number of anilines is 6. The van der Waals surface area contributed by atoms with Gasteiger partial charge in [0, 0.05) is 34.1 Å². The van der Waals surface area contributed by atoms with Gasteiger partial charge in [0.25, 0.3) is 0 Å². The van der Waals surface area contributed by atoms with Crippen LogP contribution in [0.1, 0.15) is 52.7 Å². The Morgan fingerprint density at radius 3 is 1.43 bits per heavy atom. The maximum atomic E-state index is 2.58. The lowest BCUT2D eigenvalue weighted by Crippen LogP contribution is -2.58. The van der Waals surface area contributed by atoms with Crippen LogP contribution >= 0.6 is 0 Å². The normalized spacial score (nSPS) is 14.3. The number of nitrogens with zero attached hydrogens (tertiary/aromatic N) is 2. The minimum atomic E-state index is 0.0605. The number of rotatable bonds is 2. The lowest BCUT2D eigenvalue weighted by molar-refractivity contribution is 0.590. The molecule has 2 nitrogen and oxygen atoms in total. The highest BCUT2D eigenvalue weighted by molar-refractivity contribution is 7.03. The van der Waals surface area contributed by atoms with Crippen molar-refractivity contribution in [2.45, 2.75) is 52.4 Å². The van der Waals surface area contributed by atoms with E-state index in [1.165, 1.54) is 100 Å². The van der Waals surface area contributed by atoms with Crippen molar-refractivity contribution >= 4 is 80.3 Å². The summed E-state index contributed by atoms with van der Waals surface area (Å²) in [7, 11) is 0. The minimum absolute atomic E-state index is 0.0605. The lowest BCUT2D eigenvalue weighted by Gasteiger charge is -2.41. The van der Waals surface area contributed by atoms with E-state index in [4.69, 9.17) is 0 Å². The number of fused-ring (bicyclic) bond motifs is 10. The monoisotopic (exact) mass is 692 g/mol. The van der Waals surface area contributed by atoms with Crippen molar-refractivity contribution in [2.24, 2.45) is 0 Å². The highest BCUT2D eigenvalue weighted by atomic mass is 15.2. The summed E-state index contributed by atoms with van der Waals surface area (Å²) in [6.07, 6.45) is 0. The molecule has 258 valence electrons. The molecule has 0 fully saturated rings. The molecular formula is C50H42B2N2. The van der Waals surface area contributed by atoms with Gasteiger partial charge >= 0.3 is 0 Å². The zero-order chi connectivity index (χ0) is 36.7. The third-order valence-electron chi connectivity index (χ3n) is 12.6. The van der Waals surface area contributed by atoms with Crippen molar-refractivity contribution in [3.63, 3.8) is 0 Å². The maximum absolute atomic E-state index is 2.58. The van der Waals surface area contributed by atoms with Crippen LogP contribution in [-0.4, -0.2) is 13.4 Å². The van der Waals surface area contributed by atoms with Gasteiger partial charge in [-0.25, -0.2) is 0 Å². The van der Waals surface area contributed by atoms with Crippen LogP contribution in [0, 0.1) is 0 Å². The van der Waals surface area contributed by atoms with Gasteiger partial charge < -0.3 is 9.80 Å². The number of para-hydroxylation sites is 1. The lowest BCUT2D eigenvalue weighted by atomic mass is 9.34. The molecule has 0 radical (unpaired) electrons. The van der Waals surface area contributed by atoms with Crippen molar-refractivity contribution in [1.29, 1.82) is 0 Å². The zero-order valence-electron chi connectivity index (χ0n) is 31.9. The van der Waals surface area contributed by atoms with Gasteiger partial charge in [0.05, 0.1) is 0 Å². The number of hydrogen-bond donors (Lipinski definition) is 0. The molecule has 11 rings (SSSR count). The Bertz CT molecular complexity index is 2690. The second-order valence-corrected chi connectivity index (χ2v) is 17.8. The van der Waals surface area contributed by atoms with Crippen LogP contribution in [0.5, 0.6) is 0 Å². The standard InChI is InChI=1S/C50H42B2N2/c1-49(2,3)31-22-25-34(26-23-31)54-43-20-12-17-36-35-16-10-11-19-39(35)51(47(36)43)41-29-45-42(30-46(41)54)52-40-27-24-32(50(4,5)6)28-38(40)37-18-13-21-44(48(37)52)53(45)33-14-8-7-9-15-33/h7-30H,1-6H3. The summed E-state index contributed by atoms with van der Waals surface area (Å²) < 4.78 is 0. The molecule has 7 aromatic rings. The second-order valence-electron chi connectivity index (χ2n) is 17.8. The first-order chi connectivity index (χ1) is 26.1. The van der Waals surface area contributed by atoms with Crippen molar-refractivity contribution < 1.29 is 0 Å². The molecule has 0 N–H and O–H groups in total. The topological polar surface area (TPSA) is 6.48 Å². The fourth-order valence-electron chi connectivity index (χ4n) is 9.99. The van der Waals surface area contributed by atoms with Gasteiger partial charge in [-0.05, 0) is 115 Å². The summed E-state index contributed by atoms with van der Waals surface area (Å²) in [5.41, 5.74) is 24.1. The molecule has 0 saturated carbocycles. The van der Waals surface area contributed by atoms with E-state index >= 15 is 0 Å². The van der Waals surface area contributed by atoms with Gasteiger partial charge in [0.15, 0.2) is 0 Å². The average Bonchev–Trinajstić information content (AvgIpc) is 3.69. The van der Waals surface area contributed by atoms with Gasteiger partial charge in [-0.15, -0.1) is 0 Å². The number of benzene rings is 7.